The van der Waals surface area contributed by atoms with Crippen molar-refractivity contribution in [2.75, 3.05) is 26.7 Å². The summed E-state index contributed by atoms with van der Waals surface area (Å²) in [6.07, 6.45) is 2.46. The van der Waals surface area contributed by atoms with Crippen LogP contribution in [0, 0.1) is 11.7 Å². The van der Waals surface area contributed by atoms with E-state index in [4.69, 9.17) is 0 Å². The number of carbonyl (C=O) groups excluding carboxylic acids is 1. The predicted molar refractivity (Wildman–Crippen MR) is 82.8 cm³/mol. The van der Waals surface area contributed by atoms with Gasteiger partial charge in [0.2, 0.25) is 0 Å². The van der Waals surface area contributed by atoms with E-state index in [-0.39, 0.29) is 17.5 Å². The Kier molecular flexibility index (Phi) is 5.34. The van der Waals surface area contributed by atoms with Gasteiger partial charge in [-0.1, -0.05) is 26.0 Å². The molecule has 1 aliphatic rings. The van der Waals surface area contributed by atoms with Gasteiger partial charge < -0.3 is 9.80 Å². The standard InChI is InChI=1S/C17H25FN2O/c1-13(2)16(12-20-10-6-7-11-20)19(3)17(21)14-8-4-5-9-15(14)18/h4-5,8-9,13,16H,6-7,10-12H2,1-3H3/t16-/m1/s1. The van der Waals surface area contributed by atoms with E-state index in [9.17, 15) is 9.18 Å². The third-order valence-corrected chi connectivity index (χ3v) is 4.34. The first-order valence-corrected chi connectivity index (χ1v) is 7.74. The molecule has 116 valence electrons. The molecule has 0 aromatic heterocycles. The SMILES string of the molecule is CC(C)[C@@H](CN1CCCC1)N(C)C(=O)c1ccccc1F. The Bertz CT molecular complexity index is 483. The molecule has 1 aliphatic heterocycles. The Hall–Kier alpha value is -1.42. The van der Waals surface area contributed by atoms with E-state index < -0.39 is 5.82 Å². The maximum Gasteiger partial charge on any atom is 0.256 e. The van der Waals surface area contributed by atoms with E-state index in [1.807, 2.05) is 0 Å². The Labute approximate surface area is 126 Å². The lowest BCUT2D eigenvalue weighted by atomic mass is 10.0. The molecule has 1 atom stereocenters. The smallest absolute Gasteiger partial charge is 0.256 e. The van der Waals surface area contributed by atoms with Crippen molar-refractivity contribution in [3.8, 4) is 0 Å². The van der Waals surface area contributed by atoms with Crippen molar-refractivity contribution >= 4 is 5.91 Å². The third kappa shape index (κ3) is 3.82. The van der Waals surface area contributed by atoms with Crippen molar-refractivity contribution in [3.63, 3.8) is 0 Å². The van der Waals surface area contributed by atoms with Crippen molar-refractivity contribution in [1.82, 2.24) is 9.80 Å². The molecule has 0 aliphatic carbocycles. The number of hydrogen-bond donors (Lipinski definition) is 0. The molecule has 1 amide bonds. The fourth-order valence-electron chi connectivity index (χ4n) is 2.99. The highest BCUT2D eigenvalue weighted by molar-refractivity contribution is 5.94. The molecular formula is C17H25FN2O. The van der Waals surface area contributed by atoms with E-state index in [0.717, 1.165) is 19.6 Å². The lowest BCUT2D eigenvalue weighted by Gasteiger charge is -2.34. The van der Waals surface area contributed by atoms with E-state index in [0.29, 0.717) is 5.92 Å². The number of halogens is 1. The topological polar surface area (TPSA) is 23.6 Å². The number of likely N-dealkylation sites (tertiary alicyclic amines) is 1. The van der Waals surface area contributed by atoms with Gasteiger partial charge in [-0.25, -0.2) is 4.39 Å². The summed E-state index contributed by atoms with van der Waals surface area (Å²) in [5.74, 6) is -0.338. The number of benzene rings is 1. The molecule has 4 heteroatoms. The van der Waals surface area contributed by atoms with E-state index in [1.165, 1.54) is 18.9 Å². The second-order valence-corrected chi connectivity index (χ2v) is 6.21. The van der Waals surface area contributed by atoms with Crippen LogP contribution in [0.2, 0.25) is 0 Å². The molecule has 1 saturated heterocycles. The Morgan fingerprint density at radius 3 is 2.48 bits per heavy atom. The Morgan fingerprint density at radius 1 is 1.29 bits per heavy atom. The van der Waals surface area contributed by atoms with Gasteiger partial charge in [-0.3, -0.25) is 4.79 Å². The Balaban J connectivity index is 2.12. The molecule has 0 unspecified atom stereocenters. The van der Waals surface area contributed by atoms with Gasteiger partial charge in [-0.15, -0.1) is 0 Å². The van der Waals surface area contributed by atoms with Crippen LogP contribution in [0.15, 0.2) is 24.3 Å². The molecular weight excluding hydrogens is 267 g/mol. The predicted octanol–water partition coefficient (Wildman–Crippen LogP) is 3.02. The average molecular weight is 292 g/mol. The first kappa shape index (κ1) is 16.0. The molecule has 1 aromatic carbocycles. The minimum atomic E-state index is -0.446. The van der Waals surface area contributed by atoms with Gasteiger partial charge in [0.1, 0.15) is 5.82 Å². The quantitative estimate of drug-likeness (QED) is 0.833. The third-order valence-electron chi connectivity index (χ3n) is 4.34. The monoisotopic (exact) mass is 292 g/mol. The van der Waals surface area contributed by atoms with Gasteiger partial charge in [0.15, 0.2) is 0 Å². The molecule has 1 fully saturated rings. The van der Waals surface area contributed by atoms with Crippen LogP contribution >= 0.6 is 0 Å². The average Bonchev–Trinajstić information content (AvgIpc) is 2.96. The first-order valence-electron chi connectivity index (χ1n) is 7.74. The van der Waals surface area contributed by atoms with Gasteiger partial charge in [0, 0.05) is 19.6 Å². The normalized spacial score (nSPS) is 17.2. The molecule has 0 saturated carbocycles. The lowest BCUT2D eigenvalue weighted by Crippen LogP contribution is -2.47. The van der Waals surface area contributed by atoms with Gasteiger partial charge in [-0.05, 0) is 44.0 Å². The summed E-state index contributed by atoms with van der Waals surface area (Å²) in [4.78, 5) is 16.7. The molecule has 0 spiro atoms. The zero-order valence-electron chi connectivity index (χ0n) is 13.2. The lowest BCUT2D eigenvalue weighted by molar-refractivity contribution is 0.0637. The van der Waals surface area contributed by atoms with E-state index >= 15 is 0 Å². The zero-order chi connectivity index (χ0) is 15.4. The van der Waals surface area contributed by atoms with Gasteiger partial charge >= 0.3 is 0 Å². The second-order valence-electron chi connectivity index (χ2n) is 6.21. The van der Waals surface area contributed by atoms with Crippen LogP contribution in [0.3, 0.4) is 0 Å². The summed E-state index contributed by atoms with van der Waals surface area (Å²) in [5.41, 5.74) is 0.159. The minimum absolute atomic E-state index is 0.107. The van der Waals surface area contributed by atoms with Gasteiger partial charge in [-0.2, -0.15) is 0 Å². The van der Waals surface area contributed by atoms with Crippen LogP contribution in [0.25, 0.3) is 0 Å². The fraction of sp³-hybridized carbons (Fsp3) is 0.588. The molecule has 0 radical (unpaired) electrons. The van der Waals surface area contributed by atoms with E-state index in [2.05, 4.69) is 18.7 Å². The highest BCUT2D eigenvalue weighted by Gasteiger charge is 2.28. The second kappa shape index (κ2) is 7.03. The fourth-order valence-corrected chi connectivity index (χ4v) is 2.99. The van der Waals surface area contributed by atoms with E-state index in [1.54, 1.807) is 30.1 Å². The molecule has 1 aromatic rings. The molecule has 0 N–H and O–H groups in total. The molecule has 2 rings (SSSR count). The van der Waals surface area contributed by atoms with Crippen LogP contribution in [0.5, 0.6) is 0 Å². The van der Waals surface area contributed by atoms with Crippen molar-refractivity contribution in [3.05, 3.63) is 35.6 Å². The van der Waals surface area contributed by atoms with Crippen LogP contribution in [-0.4, -0.2) is 48.4 Å². The molecule has 3 nitrogen and oxygen atoms in total. The van der Waals surface area contributed by atoms with Gasteiger partial charge in [0.25, 0.3) is 5.91 Å². The van der Waals surface area contributed by atoms with Crippen LogP contribution < -0.4 is 0 Å². The maximum absolute atomic E-state index is 13.8. The number of carbonyl (C=O) groups is 1. The summed E-state index contributed by atoms with van der Waals surface area (Å²) in [6.45, 7) is 7.31. The number of amides is 1. The number of nitrogens with zero attached hydrogens (tertiary/aromatic N) is 2. The summed E-state index contributed by atoms with van der Waals surface area (Å²) >= 11 is 0. The van der Waals surface area contributed by atoms with Crippen LogP contribution in [0.1, 0.15) is 37.0 Å². The number of likely N-dealkylation sites (N-methyl/N-ethyl adjacent to an activating group) is 1. The first-order chi connectivity index (χ1) is 10.0. The summed E-state index contributed by atoms with van der Waals surface area (Å²) in [7, 11) is 1.79. The highest BCUT2D eigenvalue weighted by atomic mass is 19.1. The van der Waals surface area contributed by atoms with Crippen molar-refractivity contribution in [1.29, 1.82) is 0 Å². The minimum Gasteiger partial charge on any atom is -0.337 e. The van der Waals surface area contributed by atoms with Crippen LogP contribution in [0.4, 0.5) is 4.39 Å². The molecule has 0 bridgehead atoms. The number of hydrogen-bond acceptors (Lipinski definition) is 2. The maximum atomic E-state index is 13.8. The van der Waals surface area contributed by atoms with Crippen molar-refractivity contribution in [2.45, 2.75) is 32.7 Å². The zero-order valence-corrected chi connectivity index (χ0v) is 13.2. The molecule has 21 heavy (non-hydrogen) atoms. The Morgan fingerprint density at radius 2 is 1.90 bits per heavy atom. The number of rotatable bonds is 5. The van der Waals surface area contributed by atoms with Crippen molar-refractivity contribution < 1.29 is 9.18 Å². The van der Waals surface area contributed by atoms with Crippen LogP contribution in [-0.2, 0) is 0 Å². The summed E-state index contributed by atoms with van der Waals surface area (Å²) in [5, 5.41) is 0. The highest BCUT2D eigenvalue weighted by Crippen LogP contribution is 2.18. The summed E-state index contributed by atoms with van der Waals surface area (Å²) in [6, 6.07) is 6.31. The summed E-state index contributed by atoms with van der Waals surface area (Å²) < 4.78 is 13.8. The largest absolute Gasteiger partial charge is 0.337 e. The molecule has 1 heterocycles. The van der Waals surface area contributed by atoms with Gasteiger partial charge in [0.05, 0.1) is 5.56 Å². The van der Waals surface area contributed by atoms with Crippen molar-refractivity contribution in [2.24, 2.45) is 5.92 Å².